The second kappa shape index (κ2) is 4.36. The van der Waals surface area contributed by atoms with E-state index in [9.17, 15) is 0 Å². The summed E-state index contributed by atoms with van der Waals surface area (Å²) in [6.07, 6.45) is 3.71. The van der Waals surface area contributed by atoms with Crippen molar-refractivity contribution in [2.45, 2.75) is 39.0 Å². The van der Waals surface area contributed by atoms with Gasteiger partial charge in [-0.15, -0.1) is 0 Å². The van der Waals surface area contributed by atoms with Gasteiger partial charge in [-0.3, -0.25) is 0 Å². The van der Waals surface area contributed by atoms with Gasteiger partial charge in [0.25, 0.3) is 0 Å². The van der Waals surface area contributed by atoms with E-state index in [1.54, 1.807) is 11.1 Å². The Morgan fingerprint density at radius 2 is 2.20 bits per heavy atom. The van der Waals surface area contributed by atoms with Gasteiger partial charge in [0.1, 0.15) is 0 Å². The molecule has 2 N–H and O–H groups in total. The fourth-order valence-electron chi connectivity index (χ4n) is 2.91. The highest BCUT2D eigenvalue weighted by atomic mass is 14.5. The molecule has 1 aliphatic carbocycles. The topological polar surface area (TPSA) is 26.0 Å². The smallest absolute Gasteiger partial charge is 0.00713 e. The van der Waals surface area contributed by atoms with E-state index in [1.807, 2.05) is 0 Å². The fraction of sp³-hybridized carbons (Fsp3) is 0.571. The molecule has 0 radical (unpaired) electrons. The van der Waals surface area contributed by atoms with Crippen molar-refractivity contribution in [1.29, 1.82) is 0 Å². The number of fused-ring (bicyclic) bond motifs is 1. The molecule has 1 aliphatic rings. The van der Waals surface area contributed by atoms with Crippen molar-refractivity contribution < 1.29 is 0 Å². The van der Waals surface area contributed by atoms with Crippen LogP contribution in [0.4, 0.5) is 0 Å². The third kappa shape index (κ3) is 1.93. The van der Waals surface area contributed by atoms with Crippen LogP contribution in [0.5, 0.6) is 0 Å². The average molecular weight is 203 g/mol. The Bertz CT molecular complexity index is 343. The number of nitrogens with two attached hydrogens (primary N) is 1. The molecule has 0 aromatic heterocycles. The predicted octanol–water partition coefficient (Wildman–Crippen LogP) is 3.01. The van der Waals surface area contributed by atoms with Crippen molar-refractivity contribution in [3.63, 3.8) is 0 Å². The molecular formula is C14H21N. The summed E-state index contributed by atoms with van der Waals surface area (Å²) in [6, 6.07) is 6.72. The van der Waals surface area contributed by atoms with Crippen LogP contribution in [0.15, 0.2) is 18.2 Å². The molecule has 0 heterocycles. The summed E-state index contributed by atoms with van der Waals surface area (Å²) < 4.78 is 0. The summed E-state index contributed by atoms with van der Waals surface area (Å²) in [5, 5.41) is 0. The van der Waals surface area contributed by atoms with Gasteiger partial charge in [-0.25, -0.2) is 0 Å². The van der Waals surface area contributed by atoms with E-state index in [0.29, 0.717) is 5.92 Å². The Morgan fingerprint density at radius 3 is 2.93 bits per heavy atom. The second-order valence-electron chi connectivity index (χ2n) is 4.84. The van der Waals surface area contributed by atoms with Crippen LogP contribution in [0.3, 0.4) is 0 Å². The number of aryl methyl sites for hydroxylation is 1. The van der Waals surface area contributed by atoms with Crippen molar-refractivity contribution in [3.05, 3.63) is 34.9 Å². The molecule has 15 heavy (non-hydrogen) atoms. The van der Waals surface area contributed by atoms with Crippen LogP contribution in [-0.4, -0.2) is 6.54 Å². The number of rotatable bonds is 2. The van der Waals surface area contributed by atoms with Crippen LogP contribution in [0.25, 0.3) is 0 Å². The van der Waals surface area contributed by atoms with Gasteiger partial charge in [0.2, 0.25) is 0 Å². The number of hydrogen-bond donors (Lipinski definition) is 1. The molecule has 0 spiro atoms. The zero-order valence-electron chi connectivity index (χ0n) is 9.79. The van der Waals surface area contributed by atoms with E-state index in [2.05, 4.69) is 32.0 Å². The van der Waals surface area contributed by atoms with Crippen LogP contribution < -0.4 is 5.73 Å². The van der Waals surface area contributed by atoms with Crippen molar-refractivity contribution in [2.24, 2.45) is 11.7 Å². The maximum atomic E-state index is 5.72. The molecule has 82 valence electrons. The predicted molar refractivity (Wildman–Crippen MR) is 65.1 cm³/mol. The van der Waals surface area contributed by atoms with Gasteiger partial charge in [0.15, 0.2) is 0 Å². The van der Waals surface area contributed by atoms with Gasteiger partial charge < -0.3 is 5.73 Å². The van der Waals surface area contributed by atoms with E-state index in [-0.39, 0.29) is 0 Å². The van der Waals surface area contributed by atoms with Crippen LogP contribution in [0.2, 0.25) is 0 Å². The molecule has 0 saturated heterocycles. The standard InChI is InChI=1S/C14H21N/c1-10-4-3-5-14-12(10)7-6-11(2)13(14)8-9-15/h3-5,11,13H,6-9,15H2,1-2H3. The molecule has 1 aromatic carbocycles. The van der Waals surface area contributed by atoms with E-state index in [4.69, 9.17) is 5.73 Å². The largest absolute Gasteiger partial charge is 0.330 e. The molecule has 0 saturated carbocycles. The minimum atomic E-state index is 0.693. The lowest BCUT2D eigenvalue weighted by atomic mass is 9.73. The Hall–Kier alpha value is -0.820. The molecule has 1 aromatic rings. The normalized spacial score (nSPS) is 25.0. The highest BCUT2D eigenvalue weighted by molar-refractivity contribution is 5.39. The summed E-state index contributed by atoms with van der Waals surface area (Å²) in [4.78, 5) is 0. The van der Waals surface area contributed by atoms with Crippen molar-refractivity contribution in [1.82, 2.24) is 0 Å². The minimum absolute atomic E-state index is 0.693. The van der Waals surface area contributed by atoms with Crippen molar-refractivity contribution in [2.75, 3.05) is 6.54 Å². The summed E-state index contributed by atoms with van der Waals surface area (Å²) in [5.41, 5.74) is 10.3. The second-order valence-corrected chi connectivity index (χ2v) is 4.84. The maximum absolute atomic E-state index is 5.72. The summed E-state index contributed by atoms with van der Waals surface area (Å²) in [5.74, 6) is 1.49. The number of benzene rings is 1. The molecule has 2 atom stereocenters. The van der Waals surface area contributed by atoms with E-state index >= 15 is 0 Å². The summed E-state index contributed by atoms with van der Waals surface area (Å²) >= 11 is 0. The third-order valence-corrected chi connectivity index (χ3v) is 3.86. The third-order valence-electron chi connectivity index (χ3n) is 3.86. The SMILES string of the molecule is Cc1cccc2c1CCC(C)C2CCN. The minimum Gasteiger partial charge on any atom is -0.330 e. The van der Waals surface area contributed by atoms with E-state index in [1.165, 1.54) is 18.4 Å². The lowest BCUT2D eigenvalue weighted by Crippen LogP contribution is -2.21. The average Bonchev–Trinajstić information content (AvgIpc) is 2.23. The molecule has 0 amide bonds. The van der Waals surface area contributed by atoms with Gasteiger partial charge in [-0.1, -0.05) is 25.1 Å². The highest BCUT2D eigenvalue weighted by Gasteiger charge is 2.26. The van der Waals surface area contributed by atoms with Gasteiger partial charge >= 0.3 is 0 Å². The molecule has 1 nitrogen and oxygen atoms in total. The van der Waals surface area contributed by atoms with E-state index < -0.39 is 0 Å². The van der Waals surface area contributed by atoms with Crippen LogP contribution >= 0.6 is 0 Å². The highest BCUT2D eigenvalue weighted by Crippen LogP contribution is 2.38. The Morgan fingerprint density at radius 1 is 1.40 bits per heavy atom. The van der Waals surface area contributed by atoms with Gasteiger partial charge in [0, 0.05) is 0 Å². The zero-order chi connectivity index (χ0) is 10.8. The summed E-state index contributed by atoms with van der Waals surface area (Å²) in [7, 11) is 0. The Labute approximate surface area is 92.7 Å². The quantitative estimate of drug-likeness (QED) is 0.785. The first-order valence-corrected chi connectivity index (χ1v) is 6.02. The molecule has 2 rings (SSSR count). The fourth-order valence-corrected chi connectivity index (χ4v) is 2.91. The molecule has 0 fully saturated rings. The Kier molecular flexibility index (Phi) is 3.11. The molecule has 0 bridgehead atoms. The number of hydrogen-bond acceptors (Lipinski definition) is 1. The Balaban J connectivity index is 2.39. The van der Waals surface area contributed by atoms with Crippen LogP contribution in [-0.2, 0) is 6.42 Å². The van der Waals surface area contributed by atoms with Gasteiger partial charge in [-0.2, -0.15) is 0 Å². The molecule has 1 heteroatoms. The van der Waals surface area contributed by atoms with Crippen molar-refractivity contribution >= 4 is 0 Å². The van der Waals surface area contributed by atoms with Crippen LogP contribution in [0.1, 0.15) is 42.4 Å². The first-order chi connectivity index (χ1) is 7.24. The lowest BCUT2D eigenvalue weighted by Gasteiger charge is -2.32. The van der Waals surface area contributed by atoms with Crippen LogP contribution in [0, 0.1) is 12.8 Å². The zero-order valence-corrected chi connectivity index (χ0v) is 9.79. The molecule has 0 aliphatic heterocycles. The van der Waals surface area contributed by atoms with E-state index in [0.717, 1.165) is 18.9 Å². The molecular weight excluding hydrogens is 182 g/mol. The first kappa shape index (κ1) is 10.7. The lowest BCUT2D eigenvalue weighted by molar-refractivity contribution is 0.386. The first-order valence-electron chi connectivity index (χ1n) is 6.02. The summed E-state index contributed by atoms with van der Waals surface area (Å²) in [6.45, 7) is 5.41. The maximum Gasteiger partial charge on any atom is -0.00713 e. The van der Waals surface area contributed by atoms with Gasteiger partial charge in [0.05, 0.1) is 0 Å². The monoisotopic (exact) mass is 203 g/mol. The van der Waals surface area contributed by atoms with Crippen molar-refractivity contribution in [3.8, 4) is 0 Å². The molecule has 2 unspecified atom stereocenters. The van der Waals surface area contributed by atoms with Gasteiger partial charge in [-0.05, 0) is 61.3 Å².